The average molecular weight is 280 g/mol. The summed E-state index contributed by atoms with van der Waals surface area (Å²) >= 11 is 0. The molecule has 0 saturated carbocycles. The number of hydrogen-bond donors (Lipinski definition) is 1. The Labute approximate surface area is 118 Å². The summed E-state index contributed by atoms with van der Waals surface area (Å²) in [5, 5.41) is 20.6. The smallest absolute Gasteiger partial charge is 0.333 e. The van der Waals surface area contributed by atoms with Gasteiger partial charge in [0, 0.05) is 19.7 Å². The molecule has 1 N–H and O–H groups in total. The Hall–Kier alpha value is -1.82. The minimum absolute atomic E-state index is 0.0212. The lowest BCUT2D eigenvalue weighted by molar-refractivity contribution is -0.385. The maximum atomic E-state index is 11.4. The molecular weight excluding hydrogens is 260 g/mol. The van der Waals surface area contributed by atoms with Crippen molar-refractivity contribution in [1.82, 2.24) is 0 Å². The molecule has 1 aliphatic heterocycles. The highest BCUT2D eigenvalue weighted by atomic mass is 16.6. The number of nitro groups is 1. The summed E-state index contributed by atoms with van der Waals surface area (Å²) in [6, 6.07) is 5.15. The molecular formula is C14H20N2O4. The molecule has 1 aromatic carbocycles. The first-order valence-corrected chi connectivity index (χ1v) is 6.93. The molecule has 6 nitrogen and oxygen atoms in total. The lowest BCUT2D eigenvalue weighted by Gasteiger charge is -2.33. The minimum atomic E-state index is -0.386. The van der Waals surface area contributed by atoms with E-state index < -0.39 is 0 Å². The highest BCUT2D eigenvalue weighted by Crippen LogP contribution is 2.38. The maximum absolute atomic E-state index is 11.4. The average Bonchev–Trinajstić information content (AvgIpc) is 2.47. The fourth-order valence-corrected chi connectivity index (χ4v) is 2.65. The van der Waals surface area contributed by atoms with Gasteiger partial charge in [-0.15, -0.1) is 0 Å². The SMILES string of the molecule is CCOc1cccc(N2CCCC(CO)C2)c1[N+](=O)[O-]. The molecule has 0 bridgehead atoms. The van der Waals surface area contributed by atoms with Crippen LogP contribution in [0.4, 0.5) is 11.4 Å². The molecule has 1 atom stereocenters. The van der Waals surface area contributed by atoms with Crippen molar-refractivity contribution in [2.45, 2.75) is 19.8 Å². The van der Waals surface area contributed by atoms with Gasteiger partial charge in [0.05, 0.1) is 11.5 Å². The van der Waals surface area contributed by atoms with Gasteiger partial charge in [-0.1, -0.05) is 6.07 Å². The molecule has 1 aliphatic rings. The van der Waals surface area contributed by atoms with Crippen LogP contribution in [-0.4, -0.2) is 36.3 Å². The highest BCUT2D eigenvalue weighted by molar-refractivity contribution is 5.70. The highest BCUT2D eigenvalue weighted by Gasteiger charge is 2.28. The van der Waals surface area contributed by atoms with Crippen molar-refractivity contribution < 1.29 is 14.8 Å². The van der Waals surface area contributed by atoms with Crippen molar-refractivity contribution in [3.8, 4) is 5.75 Å². The van der Waals surface area contributed by atoms with Crippen LogP contribution in [0.5, 0.6) is 5.75 Å². The summed E-state index contributed by atoms with van der Waals surface area (Å²) in [5.41, 5.74) is 0.604. The fraction of sp³-hybridized carbons (Fsp3) is 0.571. The minimum Gasteiger partial charge on any atom is -0.487 e. The van der Waals surface area contributed by atoms with E-state index in [9.17, 15) is 15.2 Å². The predicted molar refractivity (Wildman–Crippen MR) is 76.3 cm³/mol. The molecule has 2 rings (SSSR count). The zero-order chi connectivity index (χ0) is 14.5. The van der Waals surface area contributed by atoms with Crippen LogP contribution in [-0.2, 0) is 0 Å². The van der Waals surface area contributed by atoms with Crippen molar-refractivity contribution in [3.05, 3.63) is 28.3 Å². The van der Waals surface area contributed by atoms with Crippen LogP contribution in [0.2, 0.25) is 0 Å². The number of nitro benzene ring substituents is 1. The Kier molecular flexibility index (Phi) is 4.79. The van der Waals surface area contributed by atoms with E-state index in [-0.39, 0.29) is 23.1 Å². The molecule has 20 heavy (non-hydrogen) atoms. The van der Waals surface area contributed by atoms with E-state index in [2.05, 4.69) is 0 Å². The lowest BCUT2D eigenvalue weighted by atomic mass is 9.98. The van der Waals surface area contributed by atoms with Gasteiger partial charge in [0.25, 0.3) is 0 Å². The lowest BCUT2D eigenvalue weighted by Crippen LogP contribution is -2.37. The Morgan fingerprint density at radius 3 is 3.00 bits per heavy atom. The van der Waals surface area contributed by atoms with Gasteiger partial charge in [-0.25, -0.2) is 0 Å². The van der Waals surface area contributed by atoms with Crippen LogP contribution < -0.4 is 9.64 Å². The summed E-state index contributed by atoms with van der Waals surface area (Å²) in [4.78, 5) is 13.0. The van der Waals surface area contributed by atoms with E-state index >= 15 is 0 Å². The van der Waals surface area contributed by atoms with Gasteiger partial charge < -0.3 is 14.7 Å². The van der Waals surface area contributed by atoms with Gasteiger partial charge >= 0.3 is 5.69 Å². The Bertz CT molecular complexity index is 478. The molecule has 6 heteroatoms. The van der Waals surface area contributed by atoms with Crippen molar-refractivity contribution in [1.29, 1.82) is 0 Å². The normalized spacial score (nSPS) is 18.9. The Morgan fingerprint density at radius 1 is 1.55 bits per heavy atom. The van der Waals surface area contributed by atoms with Crippen LogP contribution >= 0.6 is 0 Å². The molecule has 1 unspecified atom stereocenters. The summed E-state index contributed by atoms with van der Waals surface area (Å²) < 4.78 is 5.37. The molecule has 0 radical (unpaired) electrons. The van der Waals surface area contributed by atoms with Gasteiger partial charge in [0.15, 0.2) is 5.75 Å². The van der Waals surface area contributed by atoms with Gasteiger partial charge in [0.1, 0.15) is 5.69 Å². The van der Waals surface area contributed by atoms with E-state index in [0.717, 1.165) is 19.4 Å². The molecule has 1 saturated heterocycles. The first-order valence-electron chi connectivity index (χ1n) is 6.93. The summed E-state index contributed by atoms with van der Waals surface area (Å²) in [6.45, 7) is 3.73. The zero-order valence-electron chi connectivity index (χ0n) is 11.6. The molecule has 1 heterocycles. The molecule has 1 aromatic rings. The monoisotopic (exact) mass is 280 g/mol. The zero-order valence-corrected chi connectivity index (χ0v) is 11.6. The van der Waals surface area contributed by atoms with Gasteiger partial charge in [-0.3, -0.25) is 10.1 Å². The second-order valence-corrected chi connectivity index (χ2v) is 4.95. The number of anilines is 1. The Morgan fingerprint density at radius 2 is 2.35 bits per heavy atom. The third-order valence-electron chi connectivity index (χ3n) is 3.58. The van der Waals surface area contributed by atoms with E-state index in [1.54, 1.807) is 25.1 Å². The summed E-state index contributed by atoms with van der Waals surface area (Å²) in [7, 11) is 0. The number of hydrogen-bond acceptors (Lipinski definition) is 5. The standard InChI is InChI=1S/C14H20N2O4/c1-2-20-13-7-3-6-12(14(13)16(18)19)15-8-4-5-11(9-15)10-17/h3,6-7,11,17H,2,4-5,8-10H2,1H3. The molecule has 1 fully saturated rings. The first kappa shape index (κ1) is 14.6. The first-order chi connectivity index (χ1) is 9.67. The predicted octanol–water partition coefficient (Wildman–Crippen LogP) is 2.20. The van der Waals surface area contributed by atoms with Crippen LogP contribution in [0.1, 0.15) is 19.8 Å². The van der Waals surface area contributed by atoms with Crippen LogP contribution in [0.15, 0.2) is 18.2 Å². The third kappa shape index (κ3) is 3.01. The number of para-hydroxylation sites is 1. The summed E-state index contributed by atoms with van der Waals surface area (Å²) in [6.07, 6.45) is 1.90. The van der Waals surface area contributed by atoms with Gasteiger partial charge in [-0.05, 0) is 37.8 Å². The van der Waals surface area contributed by atoms with Crippen LogP contribution in [0.3, 0.4) is 0 Å². The second-order valence-electron chi connectivity index (χ2n) is 4.95. The number of aliphatic hydroxyl groups excluding tert-OH is 1. The molecule has 0 spiro atoms. The van der Waals surface area contributed by atoms with Crippen LogP contribution in [0.25, 0.3) is 0 Å². The number of nitrogens with zero attached hydrogens (tertiary/aromatic N) is 2. The van der Waals surface area contributed by atoms with E-state index in [1.165, 1.54) is 0 Å². The maximum Gasteiger partial charge on any atom is 0.333 e. The van der Waals surface area contributed by atoms with E-state index in [4.69, 9.17) is 4.74 Å². The number of rotatable bonds is 5. The quantitative estimate of drug-likeness (QED) is 0.661. The number of piperidine rings is 1. The topological polar surface area (TPSA) is 75.8 Å². The Balaban J connectivity index is 2.34. The number of aliphatic hydroxyl groups is 1. The van der Waals surface area contributed by atoms with Crippen molar-refractivity contribution in [3.63, 3.8) is 0 Å². The number of ether oxygens (including phenoxy) is 1. The van der Waals surface area contributed by atoms with Gasteiger partial charge in [0.2, 0.25) is 0 Å². The van der Waals surface area contributed by atoms with Crippen LogP contribution in [0, 0.1) is 16.0 Å². The van der Waals surface area contributed by atoms with E-state index in [0.29, 0.717) is 24.6 Å². The van der Waals surface area contributed by atoms with Crippen molar-refractivity contribution in [2.24, 2.45) is 5.92 Å². The van der Waals surface area contributed by atoms with Crippen molar-refractivity contribution >= 4 is 11.4 Å². The third-order valence-corrected chi connectivity index (χ3v) is 3.58. The molecule has 0 amide bonds. The van der Waals surface area contributed by atoms with E-state index in [1.807, 2.05) is 4.90 Å². The molecule has 110 valence electrons. The fourth-order valence-electron chi connectivity index (χ4n) is 2.65. The van der Waals surface area contributed by atoms with Crippen molar-refractivity contribution in [2.75, 3.05) is 31.2 Å². The second kappa shape index (κ2) is 6.56. The molecule has 0 aromatic heterocycles. The van der Waals surface area contributed by atoms with Gasteiger partial charge in [-0.2, -0.15) is 0 Å². The summed E-state index contributed by atoms with van der Waals surface area (Å²) in [5.74, 6) is 0.486. The largest absolute Gasteiger partial charge is 0.487 e. The number of benzene rings is 1. The molecule has 0 aliphatic carbocycles.